The number of rotatable bonds is 1. The van der Waals surface area contributed by atoms with E-state index in [4.69, 9.17) is 28.3 Å². The van der Waals surface area contributed by atoms with Gasteiger partial charge < -0.3 is 5.11 Å². The summed E-state index contributed by atoms with van der Waals surface area (Å²) in [5.74, 6) is 0. The summed E-state index contributed by atoms with van der Waals surface area (Å²) in [6, 6.07) is 3.39. The fraction of sp³-hybridized carbons (Fsp3) is 0.143. The van der Waals surface area contributed by atoms with Crippen LogP contribution in [0.5, 0.6) is 0 Å². The first-order valence-corrected chi connectivity index (χ1v) is 4.73. The normalized spacial score (nSPS) is 10.2. The van der Waals surface area contributed by atoms with Crippen molar-refractivity contribution in [2.75, 3.05) is 0 Å². The molecule has 4 heteroatoms. The van der Waals surface area contributed by atoms with Crippen molar-refractivity contribution < 1.29 is 5.11 Å². The van der Waals surface area contributed by atoms with Gasteiger partial charge in [-0.15, -0.1) is 0 Å². The highest BCUT2D eigenvalue weighted by atomic mass is 127. The summed E-state index contributed by atoms with van der Waals surface area (Å²) in [5, 5.41) is 9.97. The van der Waals surface area contributed by atoms with E-state index in [9.17, 15) is 0 Å². The molecule has 0 unspecified atom stereocenters. The van der Waals surface area contributed by atoms with Gasteiger partial charge in [0.15, 0.2) is 0 Å². The third kappa shape index (κ3) is 2.21. The average molecular weight is 303 g/mol. The maximum absolute atomic E-state index is 8.86. The van der Waals surface area contributed by atoms with Crippen LogP contribution in [-0.4, -0.2) is 5.11 Å². The molecule has 1 aromatic rings. The summed E-state index contributed by atoms with van der Waals surface area (Å²) in [6.45, 7) is -0.0473. The van der Waals surface area contributed by atoms with Gasteiger partial charge >= 0.3 is 0 Å². The highest BCUT2D eigenvalue weighted by Crippen LogP contribution is 2.26. The molecule has 0 aliphatic heterocycles. The van der Waals surface area contributed by atoms with Crippen LogP contribution in [0.3, 0.4) is 0 Å². The molecule has 0 saturated heterocycles. The first kappa shape index (κ1) is 9.58. The first-order chi connectivity index (χ1) is 5.15. The van der Waals surface area contributed by atoms with Crippen molar-refractivity contribution in [1.82, 2.24) is 0 Å². The fourth-order valence-corrected chi connectivity index (χ4v) is 2.42. The fourth-order valence-electron chi connectivity index (χ4n) is 0.723. The van der Waals surface area contributed by atoms with Gasteiger partial charge in [-0.3, -0.25) is 0 Å². The van der Waals surface area contributed by atoms with Crippen molar-refractivity contribution >= 4 is 45.8 Å². The molecule has 0 aromatic heterocycles. The molecule has 1 nitrogen and oxygen atoms in total. The molecule has 0 radical (unpaired) electrons. The molecule has 60 valence electrons. The van der Waals surface area contributed by atoms with Crippen LogP contribution < -0.4 is 0 Å². The molecule has 0 aliphatic carbocycles. The van der Waals surface area contributed by atoms with Gasteiger partial charge in [-0.05, 0) is 34.7 Å². The van der Waals surface area contributed by atoms with Crippen molar-refractivity contribution in [3.05, 3.63) is 31.3 Å². The highest BCUT2D eigenvalue weighted by Gasteiger charge is 2.04. The molecule has 11 heavy (non-hydrogen) atoms. The summed E-state index contributed by atoms with van der Waals surface area (Å²) in [7, 11) is 0. The molecule has 0 heterocycles. The third-order valence-electron chi connectivity index (χ3n) is 1.26. The van der Waals surface area contributed by atoms with Crippen molar-refractivity contribution in [1.29, 1.82) is 0 Å². The Kier molecular flexibility index (Phi) is 3.43. The molecule has 0 fully saturated rings. The molecule has 1 rings (SSSR count). The van der Waals surface area contributed by atoms with Gasteiger partial charge in [0.1, 0.15) is 0 Å². The van der Waals surface area contributed by atoms with Crippen LogP contribution in [0.15, 0.2) is 12.1 Å². The van der Waals surface area contributed by atoms with Crippen LogP contribution >= 0.6 is 45.8 Å². The van der Waals surface area contributed by atoms with E-state index in [1.165, 1.54) is 0 Å². The highest BCUT2D eigenvalue weighted by molar-refractivity contribution is 14.1. The molecule has 0 aliphatic rings. The molecule has 0 amide bonds. The van der Waals surface area contributed by atoms with E-state index in [0.29, 0.717) is 10.0 Å². The summed E-state index contributed by atoms with van der Waals surface area (Å²) in [4.78, 5) is 0. The maximum Gasteiger partial charge on any atom is 0.0706 e. The van der Waals surface area contributed by atoms with Gasteiger partial charge in [0.25, 0.3) is 0 Å². The number of aliphatic hydroxyl groups is 1. The smallest absolute Gasteiger partial charge is 0.0706 e. The minimum absolute atomic E-state index is 0.0473. The monoisotopic (exact) mass is 302 g/mol. The van der Waals surface area contributed by atoms with E-state index in [0.717, 1.165) is 9.13 Å². The second-order valence-corrected chi connectivity index (χ2v) is 4.01. The van der Waals surface area contributed by atoms with Crippen molar-refractivity contribution in [3.8, 4) is 0 Å². The molecule has 1 aromatic carbocycles. The van der Waals surface area contributed by atoms with Crippen molar-refractivity contribution in [2.24, 2.45) is 0 Å². The Morgan fingerprint density at radius 3 is 2.45 bits per heavy atom. The molecule has 0 spiro atoms. The minimum Gasteiger partial charge on any atom is -0.392 e. The molecule has 0 bridgehead atoms. The van der Waals surface area contributed by atoms with Crippen molar-refractivity contribution in [2.45, 2.75) is 6.61 Å². The molecule has 0 atom stereocenters. The van der Waals surface area contributed by atoms with E-state index >= 15 is 0 Å². The SMILES string of the molecule is OCc1c(Cl)cc(Cl)cc1I. The molecular weight excluding hydrogens is 298 g/mol. The van der Waals surface area contributed by atoms with E-state index < -0.39 is 0 Å². The van der Waals surface area contributed by atoms with Gasteiger partial charge in [-0.25, -0.2) is 0 Å². The van der Waals surface area contributed by atoms with Crippen molar-refractivity contribution in [3.63, 3.8) is 0 Å². The van der Waals surface area contributed by atoms with Gasteiger partial charge in [0.05, 0.1) is 6.61 Å². The summed E-state index contributed by atoms with van der Waals surface area (Å²) in [6.07, 6.45) is 0. The van der Waals surface area contributed by atoms with E-state index in [1.54, 1.807) is 12.1 Å². The van der Waals surface area contributed by atoms with Crippen LogP contribution in [0.1, 0.15) is 5.56 Å². The average Bonchev–Trinajstić information content (AvgIpc) is 1.85. The van der Waals surface area contributed by atoms with E-state index in [-0.39, 0.29) is 6.61 Å². The standard InChI is InChI=1S/C7H5Cl2IO/c8-4-1-6(9)5(3-11)7(10)2-4/h1-2,11H,3H2. The third-order valence-corrected chi connectivity index (χ3v) is 2.78. The predicted molar refractivity (Wildman–Crippen MR) is 55.1 cm³/mol. The van der Waals surface area contributed by atoms with Crippen LogP contribution in [-0.2, 0) is 6.61 Å². The summed E-state index contributed by atoms with van der Waals surface area (Å²) in [5.41, 5.74) is 0.733. The Morgan fingerprint density at radius 2 is 2.00 bits per heavy atom. The zero-order valence-electron chi connectivity index (χ0n) is 5.44. The van der Waals surface area contributed by atoms with E-state index in [2.05, 4.69) is 22.6 Å². The lowest BCUT2D eigenvalue weighted by Crippen LogP contribution is -1.89. The number of hydrogen-bond acceptors (Lipinski definition) is 1. The largest absolute Gasteiger partial charge is 0.392 e. The topological polar surface area (TPSA) is 20.2 Å². The minimum atomic E-state index is -0.0473. The lowest BCUT2D eigenvalue weighted by Gasteiger charge is -2.03. The second-order valence-electron chi connectivity index (χ2n) is 2.01. The Labute approximate surface area is 88.5 Å². The van der Waals surface area contributed by atoms with E-state index in [1.807, 2.05) is 0 Å². The maximum atomic E-state index is 8.86. The van der Waals surface area contributed by atoms with Gasteiger partial charge in [-0.1, -0.05) is 23.2 Å². The molecule has 1 N–H and O–H groups in total. The Bertz CT molecular complexity index is 252. The number of hydrogen-bond donors (Lipinski definition) is 1. The number of halogens is 3. The summed E-state index contributed by atoms with van der Waals surface area (Å²) >= 11 is 13.6. The Hall–Kier alpha value is 0.490. The molecular formula is C7H5Cl2IO. The van der Waals surface area contributed by atoms with Gasteiger partial charge in [0, 0.05) is 19.2 Å². The predicted octanol–water partition coefficient (Wildman–Crippen LogP) is 3.09. The summed E-state index contributed by atoms with van der Waals surface area (Å²) < 4.78 is 0.891. The van der Waals surface area contributed by atoms with Gasteiger partial charge in [-0.2, -0.15) is 0 Å². The Morgan fingerprint density at radius 1 is 1.36 bits per heavy atom. The zero-order chi connectivity index (χ0) is 8.43. The first-order valence-electron chi connectivity index (χ1n) is 2.89. The van der Waals surface area contributed by atoms with Crippen LogP contribution in [0.2, 0.25) is 10.0 Å². The second kappa shape index (κ2) is 3.94. The lowest BCUT2D eigenvalue weighted by atomic mass is 10.2. The number of aliphatic hydroxyl groups excluding tert-OH is 1. The lowest BCUT2D eigenvalue weighted by molar-refractivity contribution is 0.281. The van der Waals surface area contributed by atoms with Crippen LogP contribution in [0.25, 0.3) is 0 Å². The van der Waals surface area contributed by atoms with Crippen LogP contribution in [0.4, 0.5) is 0 Å². The van der Waals surface area contributed by atoms with Crippen LogP contribution in [0, 0.1) is 3.57 Å². The quantitative estimate of drug-likeness (QED) is 0.791. The number of benzene rings is 1. The Balaban J connectivity index is 3.25. The van der Waals surface area contributed by atoms with Gasteiger partial charge in [0.2, 0.25) is 0 Å². The molecule has 0 saturated carbocycles. The zero-order valence-corrected chi connectivity index (χ0v) is 9.11.